The molecular weight excluding hydrogens is 212 g/mol. The molecule has 0 aliphatic carbocycles. The highest BCUT2D eigenvalue weighted by molar-refractivity contribution is 5.83. The van der Waals surface area contributed by atoms with E-state index in [2.05, 4.69) is 37.3 Å². The van der Waals surface area contributed by atoms with E-state index in [4.69, 9.17) is 4.74 Å². The molecule has 88 valence electrons. The summed E-state index contributed by atoms with van der Waals surface area (Å²) in [6, 6.07) is 12.6. The highest BCUT2D eigenvalue weighted by Crippen LogP contribution is 2.18. The molecule has 0 aromatic heterocycles. The molecule has 0 aliphatic rings. The van der Waals surface area contributed by atoms with E-state index in [-0.39, 0.29) is 5.97 Å². The first-order valence-electron chi connectivity index (χ1n) is 5.84. The smallest absolute Gasteiger partial charge is 0.302 e. The Morgan fingerprint density at radius 2 is 1.65 bits per heavy atom. The Morgan fingerprint density at radius 3 is 2.24 bits per heavy atom. The van der Waals surface area contributed by atoms with Crippen molar-refractivity contribution in [2.45, 2.75) is 26.9 Å². The van der Waals surface area contributed by atoms with E-state index >= 15 is 0 Å². The average molecular weight is 228 g/mol. The van der Waals surface area contributed by atoms with Crippen molar-refractivity contribution in [3.8, 4) is 0 Å². The minimum absolute atomic E-state index is 0.244. The van der Waals surface area contributed by atoms with Crippen LogP contribution in [0.4, 0.5) is 0 Å². The number of carbonyl (C=O) groups is 1. The second-order valence-corrected chi connectivity index (χ2v) is 4.15. The number of carbonyl (C=O) groups excluding carboxylic acids is 1. The van der Waals surface area contributed by atoms with Crippen LogP contribution in [0.1, 0.15) is 25.0 Å². The van der Waals surface area contributed by atoms with Crippen LogP contribution in [-0.4, -0.2) is 5.97 Å². The van der Waals surface area contributed by atoms with Crippen LogP contribution >= 0.6 is 0 Å². The van der Waals surface area contributed by atoms with Gasteiger partial charge >= 0.3 is 5.97 Å². The van der Waals surface area contributed by atoms with Crippen molar-refractivity contribution in [2.75, 3.05) is 0 Å². The molecule has 0 spiro atoms. The predicted molar refractivity (Wildman–Crippen MR) is 68.8 cm³/mol. The van der Waals surface area contributed by atoms with Gasteiger partial charge in [0.15, 0.2) is 0 Å². The number of esters is 1. The molecule has 0 heterocycles. The van der Waals surface area contributed by atoms with Gasteiger partial charge in [-0.05, 0) is 34.4 Å². The van der Waals surface area contributed by atoms with E-state index in [0.717, 1.165) is 12.0 Å². The first-order chi connectivity index (χ1) is 8.19. The van der Waals surface area contributed by atoms with Crippen molar-refractivity contribution in [1.82, 2.24) is 0 Å². The Morgan fingerprint density at radius 1 is 1.06 bits per heavy atom. The monoisotopic (exact) mass is 228 g/mol. The second-order valence-electron chi connectivity index (χ2n) is 4.15. The Kier molecular flexibility index (Phi) is 3.43. The van der Waals surface area contributed by atoms with Crippen LogP contribution in [0.5, 0.6) is 0 Å². The molecule has 0 fully saturated rings. The van der Waals surface area contributed by atoms with Gasteiger partial charge in [-0.25, -0.2) is 0 Å². The molecule has 0 unspecified atom stereocenters. The van der Waals surface area contributed by atoms with E-state index in [1.54, 1.807) is 0 Å². The lowest BCUT2D eigenvalue weighted by molar-refractivity contribution is -0.142. The molecule has 0 aliphatic heterocycles. The molecule has 0 saturated carbocycles. The Balaban J connectivity index is 2.28. The standard InChI is InChI=1S/C15H16O2/c1-3-12-4-6-15-9-13(10-17-11(2)16)5-7-14(15)8-12/h4-9H,3,10H2,1-2H3. The summed E-state index contributed by atoms with van der Waals surface area (Å²) in [7, 11) is 0. The van der Waals surface area contributed by atoms with E-state index in [0.29, 0.717) is 6.61 Å². The third-order valence-electron chi connectivity index (χ3n) is 2.82. The van der Waals surface area contributed by atoms with Crippen molar-refractivity contribution < 1.29 is 9.53 Å². The zero-order valence-corrected chi connectivity index (χ0v) is 10.2. The molecule has 0 amide bonds. The molecule has 0 N–H and O–H groups in total. The lowest BCUT2D eigenvalue weighted by atomic mass is 10.0. The van der Waals surface area contributed by atoms with E-state index in [9.17, 15) is 4.79 Å². The molecule has 2 heteroatoms. The summed E-state index contributed by atoms with van der Waals surface area (Å²) < 4.78 is 4.98. The fourth-order valence-electron chi connectivity index (χ4n) is 1.84. The maximum Gasteiger partial charge on any atom is 0.302 e. The number of hydrogen-bond acceptors (Lipinski definition) is 2. The van der Waals surface area contributed by atoms with Gasteiger partial charge in [0.05, 0.1) is 0 Å². The number of ether oxygens (including phenoxy) is 1. The second kappa shape index (κ2) is 5.00. The largest absolute Gasteiger partial charge is 0.461 e. The van der Waals surface area contributed by atoms with Crippen molar-refractivity contribution >= 4 is 16.7 Å². The molecule has 2 rings (SSSR count). The molecule has 0 radical (unpaired) electrons. The minimum atomic E-state index is -0.244. The number of hydrogen-bond donors (Lipinski definition) is 0. The highest BCUT2D eigenvalue weighted by Gasteiger charge is 2.00. The summed E-state index contributed by atoms with van der Waals surface area (Å²) in [5.41, 5.74) is 2.36. The van der Waals surface area contributed by atoms with Crippen LogP contribution in [0.15, 0.2) is 36.4 Å². The summed E-state index contributed by atoms with van der Waals surface area (Å²) in [5.74, 6) is -0.244. The maximum absolute atomic E-state index is 10.7. The average Bonchev–Trinajstić information content (AvgIpc) is 2.35. The van der Waals surface area contributed by atoms with Gasteiger partial charge < -0.3 is 4.74 Å². The summed E-state index contributed by atoms with van der Waals surface area (Å²) in [6.45, 7) is 3.92. The third-order valence-corrected chi connectivity index (χ3v) is 2.82. The van der Waals surface area contributed by atoms with Gasteiger partial charge in [-0.2, -0.15) is 0 Å². The van der Waals surface area contributed by atoms with Crippen molar-refractivity contribution in [2.24, 2.45) is 0 Å². The SMILES string of the molecule is CCc1ccc2cc(COC(C)=O)ccc2c1. The topological polar surface area (TPSA) is 26.3 Å². The van der Waals surface area contributed by atoms with Crippen LogP contribution in [0.3, 0.4) is 0 Å². The molecule has 17 heavy (non-hydrogen) atoms. The first kappa shape index (κ1) is 11.6. The fourth-order valence-corrected chi connectivity index (χ4v) is 1.84. The lowest BCUT2D eigenvalue weighted by Crippen LogP contribution is -1.98. The van der Waals surface area contributed by atoms with Gasteiger partial charge in [0.25, 0.3) is 0 Å². The third kappa shape index (κ3) is 2.84. The van der Waals surface area contributed by atoms with E-state index in [1.165, 1.54) is 23.3 Å². The highest BCUT2D eigenvalue weighted by atomic mass is 16.5. The summed E-state index contributed by atoms with van der Waals surface area (Å²) in [5, 5.41) is 2.42. The van der Waals surface area contributed by atoms with Crippen molar-refractivity contribution in [3.05, 3.63) is 47.5 Å². The van der Waals surface area contributed by atoms with E-state index in [1.807, 2.05) is 6.07 Å². The van der Waals surface area contributed by atoms with Crippen LogP contribution in [0.2, 0.25) is 0 Å². The number of fused-ring (bicyclic) bond motifs is 1. The minimum Gasteiger partial charge on any atom is -0.461 e. The maximum atomic E-state index is 10.7. The van der Waals surface area contributed by atoms with Gasteiger partial charge in [0.1, 0.15) is 6.61 Å². The van der Waals surface area contributed by atoms with Gasteiger partial charge in [-0.15, -0.1) is 0 Å². The van der Waals surface area contributed by atoms with Gasteiger partial charge in [0.2, 0.25) is 0 Å². The number of benzene rings is 2. The molecule has 2 aromatic rings. The molecule has 0 saturated heterocycles. The zero-order valence-electron chi connectivity index (χ0n) is 10.2. The fraction of sp³-hybridized carbons (Fsp3) is 0.267. The Bertz CT molecular complexity index is 544. The van der Waals surface area contributed by atoms with Crippen molar-refractivity contribution in [3.63, 3.8) is 0 Å². The van der Waals surface area contributed by atoms with Crippen LogP contribution in [0.25, 0.3) is 10.8 Å². The number of rotatable bonds is 3. The molecule has 0 atom stereocenters. The predicted octanol–water partition coefficient (Wildman–Crippen LogP) is 3.47. The van der Waals surface area contributed by atoms with Gasteiger partial charge in [-0.3, -0.25) is 4.79 Å². The van der Waals surface area contributed by atoms with E-state index < -0.39 is 0 Å². The Labute approximate surface area is 101 Å². The van der Waals surface area contributed by atoms with Gasteiger partial charge in [-0.1, -0.05) is 37.3 Å². The number of aryl methyl sites for hydroxylation is 1. The molecule has 0 bridgehead atoms. The first-order valence-corrected chi connectivity index (χ1v) is 5.84. The van der Waals surface area contributed by atoms with Gasteiger partial charge in [0, 0.05) is 6.92 Å². The lowest BCUT2D eigenvalue weighted by Gasteiger charge is -2.05. The molecule has 2 nitrogen and oxygen atoms in total. The van der Waals surface area contributed by atoms with Crippen LogP contribution < -0.4 is 0 Å². The summed E-state index contributed by atoms with van der Waals surface area (Å²) in [4.78, 5) is 10.7. The summed E-state index contributed by atoms with van der Waals surface area (Å²) >= 11 is 0. The molecular formula is C15H16O2. The quantitative estimate of drug-likeness (QED) is 0.752. The molecule has 2 aromatic carbocycles. The summed E-state index contributed by atoms with van der Waals surface area (Å²) in [6.07, 6.45) is 1.05. The normalized spacial score (nSPS) is 10.5. The zero-order chi connectivity index (χ0) is 12.3. The van der Waals surface area contributed by atoms with Crippen LogP contribution in [0, 0.1) is 0 Å². The van der Waals surface area contributed by atoms with Crippen LogP contribution in [-0.2, 0) is 22.6 Å². The van der Waals surface area contributed by atoms with Crippen molar-refractivity contribution in [1.29, 1.82) is 0 Å². The Hall–Kier alpha value is -1.83.